The van der Waals surface area contributed by atoms with Crippen LogP contribution in [0.4, 0.5) is 15.8 Å². The lowest BCUT2D eigenvalue weighted by atomic mass is 10.1. The first kappa shape index (κ1) is 15.9. The minimum absolute atomic E-state index is 0.0683. The van der Waals surface area contributed by atoms with Crippen LogP contribution >= 0.6 is 0 Å². The first-order valence-corrected chi connectivity index (χ1v) is 7.74. The van der Waals surface area contributed by atoms with Gasteiger partial charge < -0.3 is 20.7 Å². The summed E-state index contributed by atoms with van der Waals surface area (Å²) >= 11 is 0. The maximum Gasteiger partial charge on any atom is 0.167 e. The van der Waals surface area contributed by atoms with Crippen molar-refractivity contribution in [3.63, 3.8) is 0 Å². The second-order valence-corrected chi connectivity index (χ2v) is 5.91. The highest BCUT2D eigenvalue weighted by atomic mass is 19.1. The van der Waals surface area contributed by atoms with Crippen molar-refractivity contribution < 1.29 is 9.13 Å². The predicted molar refractivity (Wildman–Crippen MR) is 85.3 cm³/mol. The normalized spacial score (nSPS) is 19.8. The number of rotatable bonds is 5. The van der Waals surface area contributed by atoms with Gasteiger partial charge in [-0.2, -0.15) is 0 Å². The van der Waals surface area contributed by atoms with E-state index < -0.39 is 5.82 Å². The van der Waals surface area contributed by atoms with E-state index in [0.29, 0.717) is 11.7 Å². The van der Waals surface area contributed by atoms with Gasteiger partial charge in [0, 0.05) is 24.7 Å². The number of benzene rings is 1. The molecule has 1 heterocycles. The highest BCUT2D eigenvalue weighted by Gasteiger charge is 2.20. The second kappa shape index (κ2) is 6.98. The van der Waals surface area contributed by atoms with E-state index in [1.165, 1.54) is 12.5 Å². The van der Waals surface area contributed by atoms with Crippen LogP contribution in [0, 0.1) is 5.82 Å². The zero-order valence-corrected chi connectivity index (χ0v) is 13.2. The molecule has 118 valence electrons. The fourth-order valence-electron chi connectivity index (χ4n) is 2.72. The van der Waals surface area contributed by atoms with Gasteiger partial charge in [0.1, 0.15) is 0 Å². The minimum atomic E-state index is -0.412. The lowest BCUT2D eigenvalue weighted by Crippen LogP contribution is -2.41. The first-order valence-electron chi connectivity index (χ1n) is 7.74. The van der Waals surface area contributed by atoms with E-state index in [1.807, 2.05) is 13.8 Å². The van der Waals surface area contributed by atoms with Crippen molar-refractivity contribution in [1.29, 1.82) is 0 Å². The summed E-state index contributed by atoms with van der Waals surface area (Å²) in [6, 6.07) is 3.36. The van der Waals surface area contributed by atoms with E-state index in [9.17, 15) is 4.39 Å². The Morgan fingerprint density at radius 1 is 1.48 bits per heavy atom. The summed E-state index contributed by atoms with van der Waals surface area (Å²) in [6.45, 7) is 9.12. The van der Waals surface area contributed by atoms with Crippen LogP contribution in [0.15, 0.2) is 12.1 Å². The third-order valence-electron chi connectivity index (χ3n) is 3.78. The number of anilines is 2. The first-order chi connectivity index (χ1) is 9.99. The van der Waals surface area contributed by atoms with Gasteiger partial charge in [-0.15, -0.1) is 0 Å². The molecule has 1 atom stereocenters. The largest absolute Gasteiger partial charge is 0.488 e. The molecule has 1 aliphatic heterocycles. The summed E-state index contributed by atoms with van der Waals surface area (Å²) in [5.41, 5.74) is 7.12. The molecule has 1 saturated heterocycles. The molecule has 5 heteroatoms. The number of hydrogen-bond acceptors (Lipinski definition) is 4. The van der Waals surface area contributed by atoms with Crippen LogP contribution in [0.25, 0.3) is 0 Å². The lowest BCUT2D eigenvalue weighted by molar-refractivity contribution is 0.226. The summed E-state index contributed by atoms with van der Waals surface area (Å²) in [5, 5.41) is 3.44. The zero-order chi connectivity index (χ0) is 15.4. The molecule has 0 bridgehead atoms. The SMILES string of the molecule is CCN1CCCC(Nc2cc(OC(C)C)c(F)cc2N)C1. The molecule has 1 fully saturated rings. The second-order valence-electron chi connectivity index (χ2n) is 5.91. The third kappa shape index (κ3) is 4.24. The summed E-state index contributed by atoms with van der Waals surface area (Å²) < 4.78 is 19.3. The average molecular weight is 295 g/mol. The van der Waals surface area contributed by atoms with Crippen molar-refractivity contribution in [2.45, 2.75) is 45.8 Å². The Labute approximate surface area is 126 Å². The summed E-state index contributed by atoms with van der Waals surface area (Å²) in [4.78, 5) is 2.41. The molecule has 0 radical (unpaired) electrons. The highest BCUT2D eigenvalue weighted by Crippen LogP contribution is 2.30. The topological polar surface area (TPSA) is 50.5 Å². The van der Waals surface area contributed by atoms with Crippen LogP contribution < -0.4 is 15.8 Å². The molecule has 0 amide bonds. The van der Waals surface area contributed by atoms with Crippen LogP contribution in [-0.2, 0) is 0 Å². The average Bonchev–Trinajstić information content (AvgIpc) is 2.44. The number of ether oxygens (including phenoxy) is 1. The van der Waals surface area contributed by atoms with E-state index in [2.05, 4.69) is 17.1 Å². The number of piperidine rings is 1. The van der Waals surface area contributed by atoms with Gasteiger partial charge in [0.25, 0.3) is 0 Å². The molecule has 21 heavy (non-hydrogen) atoms. The Morgan fingerprint density at radius 3 is 2.90 bits per heavy atom. The van der Waals surface area contributed by atoms with Crippen LogP contribution in [0.1, 0.15) is 33.6 Å². The number of nitrogens with two attached hydrogens (primary N) is 1. The summed E-state index contributed by atoms with van der Waals surface area (Å²) in [7, 11) is 0. The Morgan fingerprint density at radius 2 is 2.24 bits per heavy atom. The minimum Gasteiger partial charge on any atom is -0.488 e. The van der Waals surface area contributed by atoms with E-state index in [0.717, 1.165) is 31.7 Å². The molecule has 1 aliphatic rings. The monoisotopic (exact) mass is 295 g/mol. The molecule has 4 nitrogen and oxygen atoms in total. The number of nitrogen functional groups attached to an aromatic ring is 1. The van der Waals surface area contributed by atoms with Crippen molar-refractivity contribution in [2.75, 3.05) is 30.7 Å². The van der Waals surface area contributed by atoms with Gasteiger partial charge >= 0.3 is 0 Å². The van der Waals surface area contributed by atoms with E-state index in [1.54, 1.807) is 6.07 Å². The van der Waals surface area contributed by atoms with Gasteiger partial charge in [0.05, 0.1) is 17.5 Å². The fraction of sp³-hybridized carbons (Fsp3) is 0.625. The van der Waals surface area contributed by atoms with Gasteiger partial charge in [-0.05, 0) is 39.8 Å². The van der Waals surface area contributed by atoms with Crippen molar-refractivity contribution in [1.82, 2.24) is 4.90 Å². The Bertz CT molecular complexity index is 479. The van der Waals surface area contributed by atoms with Gasteiger partial charge in [0.15, 0.2) is 11.6 Å². The van der Waals surface area contributed by atoms with E-state index in [4.69, 9.17) is 10.5 Å². The molecule has 0 spiro atoms. The molecule has 0 aromatic heterocycles. The number of likely N-dealkylation sites (N-methyl/N-ethyl adjacent to an activating group) is 1. The number of likely N-dealkylation sites (tertiary alicyclic amines) is 1. The molecule has 1 unspecified atom stereocenters. The molecular weight excluding hydrogens is 269 g/mol. The molecular formula is C16H26FN3O. The molecule has 1 aromatic carbocycles. The standard InChI is InChI=1S/C16H26FN3O/c1-4-20-7-5-6-12(10-20)19-15-9-16(21-11(2)3)13(17)8-14(15)18/h8-9,11-12,19H,4-7,10,18H2,1-3H3. The van der Waals surface area contributed by atoms with Crippen LogP contribution in [0.5, 0.6) is 5.75 Å². The Balaban J connectivity index is 2.11. The molecule has 0 aliphatic carbocycles. The van der Waals surface area contributed by atoms with Gasteiger partial charge in [-0.25, -0.2) is 4.39 Å². The molecule has 3 N–H and O–H groups in total. The summed E-state index contributed by atoms with van der Waals surface area (Å²) in [6.07, 6.45) is 2.21. The maximum absolute atomic E-state index is 13.8. The fourth-order valence-corrected chi connectivity index (χ4v) is 2.72. The van der Waals surface area contributed by atoms with Crippen LogP contribution in [0.3, 0.4) is 0 Å². The molecule has 1 aromatic rings. The lowest BCUT2D eigenvalue weighted by Gasteiger charge is -2.33. The zero-order valence-electron chi connectivity index (χ0n) is 13.2. The number of nitrogens with zero attached hydrogens (tertiary/aromatic N) is 1. The Hall–Kier alpha value is -1.49. The summed E-state index contributed by atoms with van der Waals surface area (Å²) in [5.74, 6) is -0.157. The van der Waals surface area contributed by atoms with Crippen LogP contribution in [-0.4, -0.2) is 36.7 Å². The van der Waals surface area contributed by atoms with Crippen molar-refractivity contribution in [3.05, 3.63) is 17.9 Å². The maximum atomic E-state index is 13.8. The van der Waals surface area contributed by atoms with Gasteiger partial charge in [-0.1, -0.05) is 6.92 Å². The van der Waals surface area contributed by atoms with Gasteiger partial charge in [-0.3, -0.25) is 0 Å². The van der Waals surface area contributed by atoms with E-state index >= 15 is 0 Å². The molecule has 2 rings (SSSR count). The third-order valence-corrected chi connectivity index (χ3v) is 3.78. The predicted octanol–water partition coefficient (Wildman–Crippen LogP) is 3.09. The van der Waals surface area contributed by atoms with Crippen molar-refractivity contribution in [2.24, 2.45) is 0 Å². The molecule has 0 saturated carbocycles. The van der Waals surface area contributed by atoms with E-state index in [-0.39, 0.29) is 11.9 Å². The highest BCUT2D eigenvalue weighted by molar-refractivity contribution is 5.69. The van der Waals surface area contributed by atoms with Crippen molar-refractivity contribution in [3.8, 4) is 5.75 Å². The smallest absolute Gasteiger partial charge is 0.167 e. The van der Waals surface area contributed by atoms with Crippen molar-refractivity contribution >= 4 is 11.4 Å². The quantitative estimate of drug-likeness (QED) is 0.820. The number of halogens is 1. The number of hydrogen-bond donors (Lipinski definition) is 2. The van der Waals surface area contributed by atoms with Gasteiger partial charge in [0.2, 0.25) is 0 Å². The number of nitrogens with one attached hydrogen (secondary N) is 1. The van der Waals surface area contributed by atoms with Crippen LogP contribution in [0.2, 0.25) is 0 Å². The Kier molecular flexibility index (Phi) is 5.28.